The van der Waals surface area contributed by atoms with Crippen molar-refractivity contribution in [2.45, 2.75) is 18.9 Å². The molecule has 4 aromatic rings. The van der Waals surface area contributed by atoms with Crippen molar-refractivity contribution in [1.82, 2.24) is 15.3 Å². The lowest BCUT2D eigenvalue weighted by Crippen LogP contribution is -2.43. The van der Waals surface area contributed by atoms with Gasteiger partial charge in [-0.2, -0.15) is 0 Å². The number of hydrogen-bond acceptors (Lipinski definition) is 4. The van der Waals surface area contributed by atoms with Gasteiger partial charge in [0.25, 0.3) is 0 Å². The summed E-state index contributed by atoms with van der Waals surface area (Å²) < 4.78 is 0. The molecule has 2 heterocycles. The highest BCUT2D eigenvalue weighted by atomic mass is 35.5. The smallest absolute Gasteiger partial charge is 0.326 e. The van der Waals surface area contributed by atoms with Crippen molar-refractivity contribution in [3.63, 3.8) is 0 Å². The summed E-state index contributed by atoms with van der Waals surface area (Å²) in [6.45, 7) is 0. The molecule has 0 bridgehead atoms. The predicted octanol–water partition coefficient (Wildman–Crippen LogP) is 4.95. The molecule has 158 valence electrons. The number of H-pyrrole nitrogens is 1. The molecule has 1 atom stereocenters. The summed E-state index contributed by atoms with van der Waals surface area (Å²) in [6, 6.07) is 11.8. The molecule has 1 amide bonds. The van der Waals surface area contributed by atoms with Gasteiger partial charge in [0, 0.05) is 34.5 Å². The van der Waals surface area contributed by atoms with E-state index in [0.29, 0.717) is 26.3 Å². The van der Waals surface area contributed by atoms with E-state index in [9.17, 15) is 14.7 Å². The molecular formula is C22H17Cl2N3O3S. The SMILES string of the molecule is O=C(Cc1csc(-c2c(Cl)cccc2Cl)n1)N[C@H](Cc1c[nH]c2ccccc12)C(=O)O. The van der Waals surface area contributed by atoms with Crippen molar-refractivity contribution in [1.29, 1.82) is 0 Å². The van der Waals surface area contributed by atoms with Crippen molar-refractivity contribution < 1.29 is 14.7 Å². The van der Waals surface area contributed by atoms with E-state index in [2.05, 4.69) is 15.3 Å². The number of hydrogen-bond donors (Lipinski definition) is 3. The van der Waals surface area contributed by atoms with Crippen molar-refractivity contribution in [2.24, 2.45) is 0 Å². The number of aromatic amines is 1. The topological polar surface area (TPSA) is 95.1 Å². The largest absolute Gasteiger partial charge is 0.480 e. The van der Waals surface area contributed by atoms with Gasteiger partial charge in [-0.3, -0.25) is 4.79 Å². The fourth-order valence-electron chi connectivity index (χ4n) is 3.34. The number of fused-ring (bicyclic) bond motifs is 1. The predicted molar refractivity (Wildman–Crippen MR) is 123 cm³/mol. The molecule has 0 fully saturated rings. The molecule has 0 aliphatic heterocycles. The number of carbonyl (C=O) groups is 2. The first-order valence-corrected chi connectivity index (χ1v) is 11.0. The fourth-order valence-corrected chi connectivity index (χ4v) is 4.92. The van der Waals surface area contributed by atoms with Crippen LogP contribution in [-0.4, -0.2) is 33.0 Å². The van der Waals surface area contributed by atoms with Crippen LogP contribution in [0.1, 0.15) is 11.3 Å². The summed E-state index contributed by atoms with van der Waals surface area (Å²) >= 11 is 13.8. The number of amides is 1. The normalized spacial score (nSPS) is 12.1. The van der Waals surface area contributed by atoms with Gasteiger partial charge in [-0.1, -0.05) is 47.5 Å². The van der Waals surface area contributed by atoms with Crippen LogP contribution in [0.2, 0.25) is 10.0 Å². The van der Waals surface area contributed by atoms with Crippen LogP contribution in [0.15, 0.2) is 54.0 Å². The van der Waals surface area contributed by atoms with Crippen LogP contribution in [0.25, 0.3) is 21.5 Å². The standard InChI is InChI=1S/C22H17Cl2N3O3S/c23-15-5-3-6-16(24)20(15)21-26-13(11-31-21)9-19(28)27-18(22(29)30)8-12-10-25-17-7-2-1-4-14(12)17/h1-7,10-11,18,25H,8-9H2,(H,27,28)(H,29,30)/t18-/m1/s1. The van der Waals surface area contributed by atoms with Gasteiger partial charge in [-0.15, -0.1) is 11.3 Å². The number of aromatic nitrogens is 2. The number of halogens is 2. The second-order valence-electron chi connectivity index (χ2n) is 6.94. The van der Waals surface area contributed by atoms with E-state index in [-0.39, 0.29) is 12.8 Å². The molecule has 0 saturated heterocycles. The van der Waals surface area contributed by atoms with Crippen LogP contribution in [0, 0.1) is 0 Å². The van der Waals surface area contributed by atoms with Crippen molar-refractivity contribution in [3.8, 4) is 10.6 Å². The molecule has 4 rings (SSSR count). The third-order valence-electron chi connectivity index (χ3n) is 4.80. The Morgan fingerprint density at radius 3 is 2.61 bits per heavy atom. The summed E-state index contributed by atoms with van der Waals surface area (Å²) in [5.41, 5.74) is 2.88. The summed E-state index contributed by atoms with van der Waals surface area (Å²) in [4.78, 5) is 31.8. The van der Waals surface area contributed by atoms with Crippen molar-refractivity contribution in [2.75, 3.05) is 0 Å². The van der Waals surface area contributed by atoms with Gasteiger partial charge >= 0.3 is 5.97 Å². The third kappa shape index (κ3) is 4.74. The number of carbonyl (C=O) groups excluding carboxylic acids is 1. The highest BCUT2D eigenvalue weighted by Gasteiger charge is 2.23. The minimum Gasteiger partial charge on any atom is -0.480 e. The zero-order valence-electron chi connectivity index (χ0n) is 16.1. The molecule has 0 aliphatic carbocycles. The first kappa shape index (κ1) is 21.4. The van der Waals surface area contributed by atoms with Crippen LogP contribution in [0.5, 0.6) is 0 Å². The van der Waals surface area contributed by atoms with Crippen molar-refractivity contribution >= 4 is 57.3 Å². The molecule has 31 heavy (non-hydrogen) atoms. The minimum absolute atomic E-state index is 0.0454. The second kappa shape index (κ2) is 9.09. The van der Waals surface area contributed by atoms with Gasteiger partial charge in [0.2, 0.25) is 5.91 Å². The number of carboxylic acid groups (broad SMARTS) is 1. The molecule has 0 aliphatic rings. The highest BCUT2D eigenvalue weighted by molar-refractivity contribution is 7.13. The van der Waals surface area contributed by atoms with Crippen LogP contribution < -0.4 is 5.32 Å². The number of nitrogens with zero attached hydrogens (tertiary/aromatic N) is 1. The number of rotatable bonds is 7. The van der Waals surface area contributed by atoms with E-state index in [1.807, 2.05) is 24.3 Å². The Kier molecular flexibility index (Phi) is 6.27. The van der Waals surface area contributed by atoms with Crippen LogP contribution in [0.4, 0.5) is 0 Å². The Balaban J connectivity index is 1.46. The number of aliphatic carboxylic acids is 1. The fraction of sp³-hybridized carbons (Fsp3) is 0.136. The molecule has 2 aromatic heterocycles. The van der Waals surface area contributed by atoms with Gasteiger partial charge in [-0.25, -0.2) is 9.78 Å². The maximum atomic E-state index is 12.5. The second-order valence-corrected chi connectivity index (χ2v) is 8.61. The summed E-state index contributed by atoms with van der Waals surface area (Å²) in [7, 11) is 0. The quantitative estimate of drug-likeness (QED) is 0.353. The van der Waals surface area contributed by atoms with Gasteiger partial charge < -0.3 is 15.4 Å². The lowest BCUT2D eigenvalue weighted by molar-refractivity contribution is -0.141. The third-order valence-corrected chi connectivity index (χ3v) is 6.34. The van der Waals surface area contributed by atoms with E-state index in [1.165, 1.54) is 11.3 Å². The van der Waals surface area contributed by atoms with E-state index in [1.54, 1.807) is 29.8 Å². The van der Waals surface area contributed by atoms with E-state index >= 15 is 0 Å². The van der Waals surface area contributed by atoms with Gasteiger partial charge in [0.15, 0.2) is 0 Å². The van der Waals surface area contributed by atoms with Gasteiger partial charge in [0.05, 0.1) is 22.2 Å². The average Bonchev–Trinajstić information content (AvgIpc) is 3.35. The summed E-state index contributed by atoms with van der Waals surface area (Å²) in [5, 5.41) is 16.4. The monoisotopic (exact) mass is 473 g/mol. The molecule has 0 unspecified atom stereocenters. The maximum absolute atomic E-state index is 12.5. The minimum atomic E-state index is -1.10. The van der Waals surface area contributed by atoms with Crippen LogP contribution >= 0.6 is 34.5 Å². The van der Waals surface area contributed by atoms with Gasteiger partial charge in [-0.05, 0) is 23.8 Å². The highest BCUT2D eigenvalue weighted by Crippen LogP contribution is 2.36. The Bertz CT molecular complexity index is 1250. The Morgan fingerprint density at radius 1 is 1.13 bits per heavy atom. The lowest BCUT2D eigenvalue weighted by Gasteiger charge is -2.14. The number of carboxylic acids is 1. The van der Waals surface area contributed by atoms with Crippen LogP contribution in [-0.2, 0) is 22.4 Å². The first-order chi connectivity index (χ1) is 14.9. The average molecular weight is 474 g/mol. The molecule has 0 radical (unpaired) electrons. The molecule has 2 aromatic carbocycles. The van der Waals surface area contributed by atoms with E-state index in [4.69, 9.17) is 23.2 Å². The van der Waals surface area contributed by atoms with Gasteiger partial charge in [0.1, 0.15) is 11.0 Å². The summed E-state index contributed by atoms with van der Waals surface area (Å²) in [5.74, 6) is -1.52. The molecule has 3 N–H and O–H groups in total. The molecule has 6 nitrogen and oxygen atoms in total. The summed E-state index contributed by atoms with van der Waals surface area (Å²) in [6.07, 6.45) is 1.89. The lowest BCUT2D eigenvalue weighted by atomic mass is 10.0. The molecule has 0 saturated carbocycles. The first-order valence-electron chi connectivity index (χ1n) is 9.38. The molecule has 0 spiro atoms. The Hall–Kier alpha value is -2.87. The van der Waals surface area contributed by atoms with Crippen LogP contribution in [0.3, 0.4) is 0 Å². The number of thiazole rings is 1. The molecular weight excluding hydrogens is 457 g/mol. The van der Waals surface area contributed by atoms with Crippen molar-refractivity contribution in [3.05, 3.63) is 75.3 Å². The zero-order chi connectivity index (χ0) is 22.0. The molecule has 9 heteroatoms. The number of benzene rings is 2. The van der Waals surface area contributed by atoms with E-state index < -0.39 is 17.9 Å². The zero-order valence-corrected chi connectivity index (χ0v) is 18.4. The number of para-hydroxylation sites is 1. The Labute approximate surface area is 191 Å². The number of nitrogens with one attached hydrogen (secondary N) is 2. The maximum Gasteiger partial charge on any atom is 0.326 e. The Morgan fingerprint density at radius 2 is 1.87 bits per heavy atom. The van der Waals surface area contributed by atoms with E-state index in [0.717, 1.165) is 16.5 Å².